The van der Waals surface area contributed by atoms with Crippen molar-refractivity contribution in [2.24, 2.45) is 0 Å². The Labute approximate surface area is 160 Å². The van der Waals surface area contributed by atoms with E-state index >= 15 is 0 Å². The van der Waals surface area contributed by atoms with E-state index < -0.39 is 0 Å². The lowest BCUT2D eigenvalue weighted by atomic mass is 10.1. The summed E-state index contributed by atoms with van der Waals surface area (Å²) in [5.74, 6) is 1.55. The van der Waals surface area contributed by atoms with Gasteiger partial charge >= 0.3 is 0 Å². The molecule has 0 saturated carbocycles. The molecule has 0 spiro atoms. The Bertz CT molecular complexity index is 921. The average Bonchev–Trinajstić information content (AvgIpc) is 2.72. The van der Waals surface area contributed by atoms with Gasteiger partial charge in [0, 0.05) is 30.4 Å². The van der Waals surface area contributed by atoms with Gasteiger partial charge in [-0.1, -0.05) is 42.5 Å². The second kappa shape index (κ2) is 7.76. The molecule has 0 aliphatic carbocycles. The van der Waals surface area contributed by atoms with Gasteiger partial charge in [0.15, 0.2) is 0 Å². The highest BCUT2D eigenvalue weighted by atomic mass is 16.5. The summed E-state index contributed by atoms with van der Waals surface area (Å²) in [7, 11) is 0. The van der Waals surface area contributed by atoms with Gasteiger partial charge in [0.05, 0.1) is 18.9 Å². The topological polar surface area (TPSA) is 50.3 Å². The Balaban J connectivity index is 1.74. The molecule has 2 aromatic carbocycles. The second-order valence-corrected chi connectivity index (χ2v) is 6.77. The predicted octanol–water partition coefficient (Wildman–Crippen LogP) is 4.34. The molecule has 0 bridgehead atoms. The van der Waals surface area contributed by atoms with Crippen molar-refractivity contribution in [3.63, 3.8) is 0 Å². The van der Waals surface area contributed by atoms with Crippen LogP contribution in [0.15, 0.2) is 54.6 Å². The number of rotatable bonds is 4. The Morgan fingerprint density at radius 2 is 1.70 bits per heavy atom. The highest BCUT2D eigenvalue weighted by molar-refractivity contribution is 5.67. The van der Waals surface area contributed by atoms with E-state index in [-0.39, 0.29) is 0 Å². The first-order chi connectivity index (χ1) is 13.2. The van der Waals surface area contributed by atoms with E-state index in [1.807, 2.05) is 18.2 Å². The lowest BCUT2D eigenvalue weighted by Gasteiger charge is -2.28. The molecule has 1 N–H and O–H groups in total. The Morgan fingerprint density at radius 1 is 0.926 bits per heavy atom. The van der Waals surface area contributed by atoms with Crippen molar-refractivity contribution in [2.75, 3.05) is 36.5 Å². The molecule has 27 heavy (non-hydrogen) atoms. The van der Waals surface area contributed by atoms with E-state index in [1.165, 1.54) is 11.1 Å². The number of ether oxygens (including phenoxy) is 1. The van der Waals surface area contributed by atoms with Gasteiger partial charge in [0.25, 0.3) is 0 Å². The van der Waals surface area contributed by atoms with E-state index in [9.17, 15) is 0 Å². The van der Waals surface area contributed by atoms with Crippen molar-refractivity contribution in [1.29, 1.82) is 0 Å². The minimum absolute atomic E-state index is 0.617. The fraction of sp³-hybridized carbons (Fsp3) is 0.273. The van der Waals surface area contributed by atoms with E-state index in [1.54, 1.807) is 0 Å². The second-order valence-electron chi connectivity index (χ2n) is 6.77. The number of morpholine rings is 1. The maximum atomic E-state index is 5.49. The zero-order valence-corrected chi connectivity index (χ0v) is 15.8. The number of aryl methyl sites for hydroxylation is 1. The van der Waals surface area contributed by atoms with Crippen molar-refractivity contribution < 1.29 is 4.74 Å². The van der Waals surface area contributed by atoms with Crippen molar-refractivity contribution >= 4 is 17.5 Å². The van der Waals surface area contributed by atoms with Crippen LogP contribution < -0.4 is 10.2 Å². The summed E-state index contributed by atoms with van der Waals surface area (Å²) >= 11 is 0. The third kappa shape index (κ3) is 3.93. The summed E-state index contributed by atoms with van der Waals surface area (Å²) in [5, 5.41) is 3.42. The lowest BCUT2D eigenvalue weighted by molar-refractivity contribution is 0.122. The number of hydrogen-bond donors (Lipinski definition) is 1. The fourth-order valence-electron chi connectivity index (χ4n) is 3.21. The van der Waals surface area contributed by atoms with Crippen LogP contribution in [0, 0.1) is 13.8 Å². The minimum Gasteiger partial charge on any atom is -0.378 e. The van der Waals surface area contributed by atoms with Crippen molar-refractivity contribution in [1.82, 2.24) is 9.97 Å². The van der Waals surface area contributed by atoms with Crippen LogP contribution in [-0.2, 0) is 4.74 Å². The zero-order valence-electron chi connectivity index (χ0n) is 15.8. The first-order valence-corrected chi connectivity index (χ1v) is 9.31. The van der Waals surface area contributed by atoms with E-state index in [0.29, 0.717) is 5.95 Å². The average molecular weight is 360 g/mol. The lowest BCUT2D eigenvalue weighted by Crippen LogP contribution is -2.36. The molecule has 3 aromatic rings. The fourth-order valence-corrected chi connectivity index (χ4v) is 3.21. The number of hydrogen-bond acceptors (Lipinski definition) is 5. The number of nitrogens with one attached hydrogen (secondary N) is 1. The molecule has 5 nitrogen and oxygen atoms in total. The first-order valence-electron chi connectivity index (χ1n) is 9.31. The quantitative estimate of drug-likeness (QED) is 0.750. The van der Waals surface area contributed by atoms with Crippen LogP contribution in [0.3, 0.4) is 0 Å². The SMILES string of the molecule is Cc1cccc(Nc2nc(-c3ccccc3)cc(N3CCOCC3)n2)c1C. The Morgan fingerprint density at radius 3 is 2.48 bits per heavy atom. The molecule has 1 fully saturated rings. The Hall–Kier alpha value is -2.92. The molecule has 1 aromatic heterocycles. The third-order valence-corrected chi connectivity index (χ3v) is 4.97. The highest BCUT2D eigenvalue weighted by Gasteiger charge is 2.16. The molecule has 5 heteroatoms. The molecule has 2 heterocycles. The van der Waals surface area contributed by atoms with Gasteiger partial charge < -0.3 is 15.0 Å². The van der Waals surface area contributed by atoms with Crippen LogP contribution in [0.2, 0.25) is 0 Å². The summed E-state index contributed by atoms with van der Waals surface area (Å²) in [6.45, 7) is 7.36. The van der Waals surface area contributed by atoms with E-state index in [2.05, 4.69) is 60.5 Å². The molecule has 1 aliphatic rings. The molecule has 0 amide bonds. The van der Waals surface area contributed by atoms with Gasteiger partial charge in [-0.05, 0) is 31.0 Å². The maximum Gasteiger partial charge on any atom is 0.229 e. The maximum absolute atomic E-state index is 5.49. The highest BCUT2D eigenvalue weighted by Crippen LogP contribution is 2.27. The normalized spacial score (nSPS) is 14.2. The number of benzene rings is 2. The van der Waals surface area contributed by atoms with Crippen LogP contribution in [0.1, 0.15) is 11.1 Å². The van der Waals surface area contributed by atoms with Gasteiger partial charge in [-0.25, -0.2) is 4.98 Å². The summed E-state index contributed by atoms with van der Waals surface area (Å²) in [5.41, 5.74) is 5.48. The van der Waals surface area contributed by atoms with Crippen LogP contribution in [0.25, 0.3) is 11.3 Å². The van der Waals surface area contributed by atoms with Crippen LogP contribution >= 0.6 is 0 Å². The third-order valence-electron chi connectivity index (χ3n) is 4.97. The summed E-state index contributed by atoms with van der Waals surface area (Å²) in [6.07, 6.45) is 0. The van der Waals surface area contributed by atoms with Gasteiger partial charge in [-0.3, -0.25) is 0 Å². The molecule has 0 atom stereocenters. The van der Waals surface area contributed by atoms with Gasteiger partial charge in [-0.2, -0.15) is 4.98 Å². The zero-order chi connectivity index (χ0) is 18.6. The standard InChI is InChI=1S/C22H24N4O/c1-16-7-6-10-19(17(16)2)23-22-24-20(18-8-4-3-5-9-18)15-21(25-22)26-11-13-27-14-12-26/h3-10,15H,11-14H2,1-2H3,(H,23,24,25). The predicted molar refractivity (Wildman–Crippen MR) is 110 cm³/mol. The van der Waals surface area contributed by atoms with Crippen LogP contribution in [0.4, 0.5) is 17.5 Å². The van der Waals surface area contributed by atoms with Gasteiger partial charge in [-0.15, -0.1) is 0 Å². The van der Waals surface area contributed by atoms with Crippen LogP contribution in [-0.4, -0.2) is 36.3 Å². The van der Waals surface area contributed by atoms with Crippen LogP contribution in [0.5, 0.6) is 0 Å². The smallest absolute Gasteiger partial charge is 0.229 e. The molecule has 4 rings (SSSR count). The van der Waals surface area contributed by atoms with Gasteiger partial charge in [0.2, 0.25) is 5.95 Å². The molecular formula is C22H24N4O. The van der Waals surface area contributed by atoms with Crippen molar-refractivity contribution in [2.45, 2.75) is 13.8 Å². The summed E-state index contributed by atoms with van der Waals surface area (Å²) < 4.78 is 5.49. The molecule has 1 saturated heterocycles. The largest absolute Gasteiger partial charge is 0.378 e. The van der Waals surface area contributed by atoms with Gasteiger partial charge in [0.1, 0.15) is 5.82 Å². The molecular weight excluding hydrogens is 336 g/mol. The Kier molecular flexibility index (Phi) is 5.03. The molecule has 1 aliphatic heterocycles. The summed E-state index contributed by atoms with van der Waals surface area (Å²) in [6, 6.07) is 18.5. The number of anilines is 3. The van der Waals surface area contributed by atoms with E-state index in [0.717, 1.165) is 49.1 Å². The summed E-state index contributed by atoms with van der Waals surface area (Å²) in [4.78, 5) is 11.8. The minimum atomic E-state index is 0.617. The molecule has 0 unspecified atom stereocenters. The first kappa shape index (κ1) is 17.5. The van der Waals surface area contributed by atoms with E-state index in [4.69, 9.17) is 14.7 Å². The molecule has 138 valence electrons. The number of nitrogens with zero attached hydrogens (tertiary/aromatic N) is 3. The molecule has 0 radical (unpaired) electrons. The monoisotopic (exact) mass is 360 g/mol. The number of aromatic nitrogens is 2. The van der Waals surface area contributed by atoms with Crippen molar-refractivity contribution in [3.8, 4) is 11.3 Å². The van der Waals surface area contributed by atoms with Crippen molar-refractivity contribution in [3.05, 3.63) is 65.7 Å².